The van der Waals surface area contributed by atoms with E-state index in [4.69, 9.17) is 21.1 Å². The van der Waals surface area contributed by atoms with Gasteiger partial charge in [-0.3, -0.25) is 0 Å². The van der Waals surface area contributed by atoms with Gasteiger partial charge in [0.05, 0.1) is 0 Å². The summed E-state index contributed by atoms with van der Waals surface area (Å²) in [6.07, 6.45) is 1.50. The highest BCUT2D eigenvalue weighted by Crippen LogP contribution is 2.21. The number of hydrogen-bond donors (Lipinski definition) is 1. The van der Waals surface area contributed by atoms with Gasteiger partial charge in [0, 0.05) is 10.6 Å². The summed E-state index contributed by atoms with van der Waals surface area (Å²) in [5, 5.41) is 9.42. The van der Waals surface area contributed by atoms with Gasteiger partial charge in [-0.2, -0.15) is 0 Å². The van der Waals surface area contributed by atoms with Gasteiger partial charge in [0.15, 0.2) is 0 Å². The molecule has 0 aliphatic heterocycles. The van der Waals surface area contributed by atoms with Crippen molar-refractivity contribution in [3.05, 3.63) is 41.4 Å². The molecule has 0 fully saturated rings. The Morgan fingerprint density at radius 3 is 2.93 bits per heavy atom. The Labute approximate surface area is 86.0 Å². The van der Waals surface area contributed by atoms with Gasteiger partial charge >= 0.3 is 0 Å². The van der Waals surface area contributed by atoms with Gasteiger partial charge in [0.1, 0.15) is 18.6 Å². The zero-order valence-electron chi connectivity index (χ0n) is 7.27. The van der Waals surface area contributed by atoms with Gasteiger partial charge < -0.3 is 9.52 Å². The Morgan fingerprint density at radius 1 is 1.43 bits per heavy atom. The van der Waals surface area contributed by atoms with Crippen LogP contribution in [0.25, 0.3) is 11.3 Å². The molecule has 0 aliphatic rings. The molecule has 0 spiro atoms. The molecule has 4 heteroatoms. The van der Waals surface area contributed by atoms with Crippen molar-refractivity contribution in [1.82, 2.24) is 4.98 Å². The number of halogens is 1. The van der Waals surface area contributed by atoms with Crippen LogP contribution < -0.4 is 0 Å². The normalized spacial score (nSPS) is 10.4. The van der Waals surface area contributed by atoms with E-state index >= 15 is 0 Å². The van der Waals surface area contributed by atoms with Crippen LogP contribution in [0.1, 0.15) is 5.89 Å². The third-order valence-corrected chi connectivity index (χ3v) is 2.04. The van der Waals surface area contributed by atoms with Crippen molar-refractivity contribution in [3.63, 3.8) is 0 Å². The number of aromatic nitrogens is 1. The average molecular weight is 210 g/mol. The van der Waals surface area contributed by atoms with E-state index in [2.05, 4.69) is 4.98 Å². The maximum Gasteiger partial charge on any atom is 0.220 e. The van der Waals surface area contributed by atoms with Crippen LogP contribution >= 0.6 is 11.6 Å². The molecule has 1 N–H and O–H groups in total. The maximum absolute atomic E-state index is 8.77. The Hall–Kier alpha value is -1.32. The predicted molar refractivity (Wildman–Crippen MR) is 52.9 cm³/mol. The van der Waals surface area contributed by atoms with Gasteiger partial charge in [-0.15, -0.1) is 0 Å². The third kappa shape index (κ3) is 1.78. The first kappa shape index (κ1) is 9.24. The summed E-state index contributed by atoms with van der Waals surface area (Å²) in [7, 11) is 0. The molecular formula is C10H8ClNO2. The molecule has 0 bridgehead atoms. The molecule has 0 atom stereocenters. The molecule has 0 aliphatic carbocycles. The molecule has 3 nitrogen and oxygen atoms in total. The smallest absolute Gasteiger partial charge is 0.220 e. The van der Waals surface area contributed by atoms with E-state index in [1.54, 1.807) is 12.1 Å². The fourth-order valence-electron chi connectivity index (χ4n) is 1.16. The molecule has 1 heterocycles. The van der Waals surface area contributed by atoms with Crippen molar-refractivity contribution in [1.29, 1.82) is 0 Å². The van der Waals surface area contributed by atoms with E-state index in [1.165, 1.54) is 6.26 Å². The molecule has 0 amide bonds. The summed E-state index contributed by atoms with van der Waals surface area (Å²) in [5.41, 5.74) is 1.55. The predicted octanol–water partition coefficient (Wildman–Crippen LogP) is 2.49. The molecule has 1 aromatic heterocycles. The van der Waals surface area contributed by atoms with E-state index in [0.29, 0.717) is 16.6 Å². The number of rotatable bonds is 2. The third-order valence-electron chi connectivity index (χ3n) is 1.81. The molecule has 1 aromatic carbocycles. The minimum atomic E-state index is -0.194. The van der Waals surface area contributed by atoms with E-state index in [-0.39, 0.29) is 6.61 Å². The molecule has 72 valence electrons. The van der Waals surface area contributed by atoms with Crippen LogP contribution in [0.4, 0.5) is 0 Å². The summed E-state index contributed by atoms with van der Waals surface area (Å²) in [6, 6.07) is 7.30. The maximum atomic E-state index is 8.77. The lowest BCUT2D eigenvalue weighted by Gasteiger charge is -1.94. The number of benzene rings is 1. The Balaban J connectivity index is 2.39. The SMILES string of the molecule is OCc1nc(-c2cccc(Cl)c2)co1. The molecule has 14 heavy (non-hydrogen) atoms. The average Bonchev–Trinajstić information content (AvgIpc) is 2.66. The molecule has 0 saturated heterocycles. The largest absolute Gasteiger partial charge is 0.446 e. The van der Waals surface area contributed by atoms with Gasteiger partial charge in [-0.25, -0.2) is 4.98 Å². The van der Waals surface area contributed by atoms with E-state index in [0.717, 1.165) is 5.56 Å². The van der Waals surface area contributed by atoms with Gasteiger partial charge in [-0.1, -0.05) is 23.7 Å². The quantitative estimate of drug-likeness (QED) is 0.827. The molecule has 0 saturated carbocycles. The number of oxazole rings is 1. The molecule has 2 aromatic rings. The van der Waals surface area contributed by atoms with E-state index in [1.807, 2.05) is 12.1 Å². The van der Waals surface area contributed by atoms with Crippen molar-refractivity contribution in [2.24, 2.45) is 0 Å². The minimum absolute atomic E-state index is 0.194. The Kier molecular flexibility index (Phi) is 2.52. The van der Waals surface area contributed by atoms with Gasteiger partial charge in [0.2, 0.25) is 5.89 Å². The summed E-state index contributed by atoms with van der Waals surface area (Å²) in [6.45, 7) is -0.194. The van der Waals surface area contributed by atoms with Crippen LogP contribution in [-0.4, -0.2) is 10.1 Å². The van der Waals surface area contributed by atoms with Gasteiger partial charge in [-0.05, 0) is 12.1 Å². The van der Waals surface area contributed by atoms with E-state index in [9.17, 15) is 0 Å². The van der Waals surface area contributed by atoms with E-state index < -0.39 is 0 Å². The molecular weight excluding hydrogens is 202 g/mol. The first-order valence-electron chi connectivity index (χ1n) is 4.11. The fraction of sp³-hybridized carbons (Fsp3) is 0.100. The van der Waals surface area contributed by atoms with Crippen molar-refractivity contribution in [2.45, 2.75) is 6.61 Å². The first-order chi connectivity index (χ1) is 6.79. The van der Waals surface area contributed by atoms with Crippen LogP contribution in [0, 0.1) is 0 Å². The zero-order chi connectivity index (χ0) is 9.97. The van der Waals surface area contributed by atoms with Crippen molar-refractivity contribution in [2.75, 3.05) is 0 Å². The Morgan fingerprint density at radius 2 is 2.29 bits per heavy atom. The molecule has 0 radical (unpaired) electrons. The summed E-state index contributed by atoms with van der Waals surface area (Å²) >= 11 is 5.83. The highest BCUT2D eigenvalue weighted by atomic mass is 35.5. The first-order valence-corrected chi connectivity index (χ1v) is 4.48. The monoisotopic (exact) mass is 209 g/mol. The minimum Gasteiger partial charge on any atom is -0.446 e. The van der Waals surface area contributed by atoms with Crippen LogP contribution in [0.3, 0.4) is 0 Å². The fourth-order valence-corrected chi connectivity index (χ4v) is 1.35. The molecule has 2 rings (SSSR count). The summed E-state index contributed by atoms with van der Waals surface area (Å²) in [4.78, 5) is 4.06. The lowest BCUT2D eigenvalue weighted by molar-refractivity contribution is 0.240. The molecule has 0 unspecified atom stereocenters. The summed E-state index contributed by atoms with van der Waals surface area (Å²) in [5.74, 6) is 0.306. The van der Waals surface area contributed by atoms with Crippen LogP contribution in [0.5, 0.6) is 0 Å². The van der Waals surface area contributed by atoms with Crippen LogP contribution in [-0.2, 0) is 6.61 Å². The number of aliphatic hydroxyl groups is 1. The van der Waals surface area contributed by atoms with Crippen molar-refractivity contribution < 1.29 is 9.52 Å². The second-order valence-corrected chi connectivity index (χ2v) is 3.23. The van der Waals surface area contributed by atoms with Crippen LogP contribution in [0.2, 0.25) is 5.02 Å². The highest BCUT2D eigenvalue weighted by Gasteiger charge is 2.04. The number of aliphatic hydroxyl groups excluding tert-OH is 1. The highest BCUT2D eigenvalue weighted by molar-refractivity contribution is 6.30. The van der Waals surface area contributed by atoms with Gasteiger partial charge in [0.25, 0.3) is 0 Å². The number of nitrogens with zero attached hydrogens (tertiary/aromatic N) is 1. The topological polar surface area (TPSA) is 46.3 Å². The Bertz CT molecular complexity index is 439. The summed E-state index contributed by atoms with van der Waals surface area (Å²) < 4.78 is 5.00. The second-order valence-electron chi connectivity index (χ2n) is 2.79. The standard InChI is InChI=1S/C10H8ClNO2/c11-8-3-1-2-7(4-8)9-6-14-10(5-13)12-9/h1-4,6,13H,5H2. The van der Waals surface area contributed by atoms with Crippen molar-refractivity contribution >= 4 is 11.6 Å². The van der Waals surface area contributed by atoms with Crippen LogP contribution in [0.15, 0.2) is 34.9 Å². The second kappa shape index (κ2) is 3.82. The lowest BCUT2D eigenvalue weighted by atomic mass is 10.2. The zero-order valence-corrected chi connectivity index (χ0v) is 8.03. The lowest BCUT2D eigenvalue weighted by Crippen LogP contribution is -1.82. The van der Waals surface area contributed by atoms with Crippen molar-refractivity contribution in [3.8, 4) is 11.3 Å². The number of hydrogen-bond acceptors (Lipinski definition) is 3.